The van der Waals surface area contributed by atoms with Crippen molar-refractivity contribution in [1.82, 2.24) is 0 Å². The molecule has 1 fully saturated rings. The molecule has 0 saturated carbocycles. The number of hydrogen-bond acceptors (Lipinski definition) is 8. The van der Waals surface area contributed by atoms with Crippen LogP contribution in [0.25, 0.3) is 6.08 Å². The Morgan fingerprint density at radius 2 is 1.29 bits per heavy atom. The largest absolute Gasteiger partial charge is 0.493 e. The Bertz CT molecular complexity index is 1320. The molecule has 0 radical (unpaired) electrons. The molecule has 3 aromatic rings. The Morgan fingerprint density at radius 1 is 0.732 bits per heavy atom. The Balaban J connectivity index is 1.59. The normalized spacial score (nSPS) is 19.4. The van der Waals surface area contributed by atoms with Crippen LogP contribution in [0.1, 0.15) is 41.7 Å². The summed E-state index contributed by atoms with van der Waals surface area (Å²) in [7, 11) is 9.68. The zero-order chi connectivity index (χ0) is 29.4. The summed E-state index contributed by atoms with van der Waals surface area (Å²) in [6.07, 6.45) is 4.81. The van der Waals surface area contributed by atoms with Crippen LogP contribution in [-0.4, -0.2) is 54.4 Å². The molecule has 0 amide bonds. The minimum Gasteiger partial charge on any atom is -0.493 e. The van der Waals surface area contributed by atoms with E-state index in [4.69, 9.17) is 33.2 Å². The molecule has 1 unspecified atom stereocenters. The van der Waals surface area contributed by atoms with E-state index in [1.165, 1.54) is 0 Å². The standard InChI is InChI=1S/C33H40O8/c1-35-26-13-10-21(16-29(26)38-4)8-7-9-23-17-25(32(34)22-11-14-27(36-2)30(18-22)39-5)20-41-33(23)24-12-15-28(37-3)31(19-24)40-6/h7-8,10-16,18-19,23,25,32-34H,9,17,20H2,1-6H3/b8-7+/t23-,25+,32?,33-/m1/s1. The number of benzene rings is 3. The Kier molecular flexibility index (Phi) is 10.4. The molecule has 4 rings (SSSR count). The lowest BCUT2D eigenvalue weighted by atomic mass is 9.79. The Labute approximate surface area is 242 Å². The first-order valence-electron chi connectivity index (χ1n) is 13.6. The molecule has 1 heterocycles. The summed E-state index contributed by atoms with van der Waals surface area (Å²) in [6.45, 7) is 0.407. The summed E-state index contributed by atoms with van der Waals surface area (Å²) in [5.74, 6) is 3.87. The van der Waals surface area contributed by atoms with Crippen LogP contribution in [0.15, 0.2) is 60.7 Å². The van der Waals surface area contributed by atoms with Gasteiger partial charge in [0.2, 0.25) is 0 Å². The predicted molar refractivity (Wildman–Crippen MR) is 158 cm³/mol. The van der Waals surface area contributed by atoms with Crippen LogP contribution in [0, 0.1) is 11.8 Å². The molecular formula is C33H40O8. The van der Waals surface area contributed by atoms with Crippen molar-refractivity contribution >= 4 is 6.08 Å². The molecule has 0 aliphatic carbocycles. The SMILES string of the molecule is COc1ccc(/C=C/C[C@@H]2C[C@H](C(O)c3ccc(OC)c(OC)c3)CO[C@H]2c2ccc(OC)c(OC)c2)cc1OC. The third-order valence-electron chi connectivity index (χ3n) is 7.61. The van der Waals surface area contributed by atoms with E-state index in [1.807, 2.05) is 54.6 Å². The molecule has 4 atom stereocenters. The second-order valence-corrected chi connectivity index (χ2v) is 9.94. The van der Waals surface area contributed by atoms with Crippen LogP contribution in [0.4, 0.5) is 0 Å². The van der Waals surface area contributed by atoms with E-state index in [-0.39, 0.29) is 17.9 Å². The first-order valence-corrected chi connectivity index (χ1v) is 13.6. The molecule has 1 saturated heterocycles. The van der Waals surface area contributed by atoms with Crippen LogP contribution in [0.3, 0.4) is 0 Å². The highest BCUT2D eigenvalue weighted by Gasteiger charge is 2.36. The van der Waals surface area contributed by atoms with Gasteiger partial charge in [-0.3, -0.25) is 0 Å². The summed E-state index contributed by atoms with van der Waals surface area (Å²) < 4.78 is 39.1. The topological polar surface area (TPSA) is 84.8 Å². The van der Waals surface area contributed by atoms with Crippen LogP contribution in [0.5, 0.6) is 34.5 Å². The fourth-order valence-electron chi connectivity index (χ4n) is 5.43. The van der Waals surface area contributed by atoms with Gasteiger partial charge in [0.25, 0.3) is 0 Å². The van der Waals surface area contributed by atoms with E-state index in [0.29, 0.717) is 41.1 Å². The molecule has 0 aromatic heterocycles. The number of hydrogen-bond donors (Lipinski definition) is 1. The van der Waals surface area contributed by atoms with Crippen molar-refractivity contribution in [2.75, 3.05) is 49.3 Å². The number of rotatable bonds is 12. The third kappa shape index (κ3) is 6.89. The summed E-state index contributed by atoms with van der Waals surface area (Å²) in [5.41, 5.74) is 2.77. The average Bonchev–Trinajstić information content (AvgIpc) is 3.03. The number of methoxy groups -OCH3 is 6. The van der Waals surface area contributed by atoms with Crippen molar-refractivity contribution < 1.29 is 38.3 Å². The molecule has 8 heteroatoms. The molecular weight excluding hydrogens is 524 g/mol. The Morgan fingerprint density at radius 3 is 1.93 bits per heavy atom. The zero-order valence-corrected chi connectivity index (χ0v) is 24.6. The highest BCUT2D eigenvalue weighted by molar-refractivity contribution is 5.56. The van der Waals surface area contributed by atoms with Crippen molar-refractivity contribution in [2.24, 2.45) is 11.8 Å². The lowest BCUT2D eigenvalue weighted by Gasteiger charge is -2.38. The molecule has 220 valence electrons. The van der Waals surface area contributed by atoms with Crippen molar-refractivity contribution in [1.29, 1.82) is 0 Å². The highest BCUT2D eigenvalue weighted by atomic mass is 16.5. The number of ether oxygens (including phenoxy) is 7. The van der Waals surface area contributed by atoms with Gasteiger partial charge in [-0.15, -0.1) is 0 Å². The Hall–Kier alpha value is -3.88. The fourth-order valence-corrected chi connectivity index (χ4v) is 5.43. The summed E-state index contributed by atoms with van der Waals surface area (Å²) in [4.78, 5) is 0. The zero-order valence-electron chi connectivity index (χ0n) is 24.6. The van der Waals surface area contributed by atoms with Crippen LogP contribution in [0.2, 0.25) is 0 Å². The predicted octanol–water partition coefficient (Wildman–Crippen LogP) is 6.27. The summed E-state index contributed by atoms with van der Waals surface area (Å²) >= 11 is 0. The number of aliphatic hydroxyl groups is 1. The van der Waals surface area contributed by atoms with E-state index in [0.717, 1.165) is 29.5 Å². The summed E-state index contributed by atoms with van der Waals surface area (Å²) in [5, 5.41) is 11.4. The van der Waals surface area contributed by atoms with Gasteiger partial charge in [0, 0.05) is 5.92 Å². The van der Waals surface area contributed by atoms with Gasteiger partial charge >= 0.3 is 0 Å². The van der Waals surface area contributed by atoms with Gasteiger partial charge < -0.3 is 38.3 Å². The van der Waals surface area contributed by atoms with Crippen molar-refractivity contribution in [2.45, 2.75) is 25.0 Å². The van der Waals surface area contributed by atoms with Crippen LogP contribution >= 0.6 is 0 Å². The molecule has 0 spiro atoms. The second kappa shape index (κ2) is 14.1. The molecule has 8 nitrogen and oxygen atoms in total. The fraction of sp³-hybridized carbons (Fsp3) is 0.394. The maximum absolute atomic E-state index is 11.4. The minimum absolute atomic E-state index is 0.0954. The van der Waals surface area contributed by atoms with E-state index in [9.17, 15) is 5.11 Å². The molecule has 1 N–H and O–H groups in total. The van der Waals surface area contributed by atoms with Crippen molar-refractivity contribution in [3.05, 3.63) is 77.4 Å². The number of aliphatic hydroxyl groups excluding tert-OH is 1. The van der Waals surface area contributed by atoms with E-state index >= 15 is 0 Å². The maximum atomic E-state index is 11.4. The van der Waals surface area contributed by atoms with Gasteiger partial charge in [0.1, 0.15) is 0 Å². The summed E-state index contributed by atoms with van der Waals surface area (Å²) in [6, 6.07) is 17.2. The molecule has 1 aliphatic rings. The maximum Gasteiger partial charge on any atom is 0.161 e. The van der Waals surface area contributed by atoms with E-state index in [1.54, 1.807) is 42.7 Å². The second-order valence-electron chi connectivity index (χ2n) is 9.94. The number of allylic oxidation sites excluding steroid dienone is 1. The van der Waals surface area contributed by atoms with Gasteiger partial charge in [-0.1, -0.05) is 30.4 Å². The van der Waals surface area contributed by atoms with Crippen LogP contribution < -0.4 is 28.4 Å². The molecule has 1 aliphatic heterocycles. The van der Waals surface area contributed by atoms with Gasteiger partial charge in [-0.05, 0) is 71.8 Å². The highest BCUT2D eigenvalue weighted by Crippen LogP contribution is 2.44. The quantitative estimate of drug-likeness (QED) is 0.276. The van der Waals surface area contributed by atoms with Gasteiger partial charge in [-0.2, -0.15) is 0 Å². The lowest BCUT2D eigenvalue weighted by Crippen LogP contribution is -2.32. The van der Waals surface area contributed by atoms with Crippen molar-refractivity contribution in [3.63, 3.8) is 0 Å². The monoisotopic (exact) mass is 564 g/mol. The van der Waals surface area contributed by atoms with E-state index in [2.05, 4.69) is 12.2 Å². The smallest absolute Gasteiger partial charge is 0.161 e. The molecule has 3 aromatic carbocycles. The van der Waals surface area contributed by atoms with Crippen LogP contribution in [-0.2, 0) is 4.74 Å². The molecule has 0 bridgehead atoms. The van der Waals surface area contributed by atoms with Gasteiger partial charge in [0.05, 0.1) is 61.5 Å². The first-order chi connectivity index (χ1) is 20.0. The van der Waals surface area contributed by atoms with Gasteiger partial charge in [-0.25, -0.2) is 0 Å². The van der Waals surface area contributed by atoms with Crippen molar-refractivity contribution in [3.8, 4) is 34.5 Å². The lowest BCUT2D eigenvalue weighted by molar-refractivity contribution is -0.0901. The molecule has 41 heavy (non-hydrogen) atoms. The average molecular weight is 565 g/mol. The third-order valence-corrected chi connectivity index (χ3v) is 7.61. The van der Waals surface area contributed by atoms with E-state index < -0.39 is 6.10 Å². The first kappa shape index (κ1) is 30.1. The van der Waals surface area contributed by atoms with Gasteiger partial charge in [0.15, 0.2) is 34.5 Å². The minimum atomic E-state index is -0.724.